The van der Waals surface area contributed by atoms with Crippen molar-refractivity contribution >= 4 is 6.08 Å². The standard InChI is InChI=1S/C19H26N2O2/c22-9-7-18-12-20-8-3-5-17(20)13-21(18)11-15-10-16-4-1-2-6-19(16)23-14-15/h1-2,4,6,10,17-18,22H,3,5,7-9,11-14H2/t17?,18-/m0/s1. The Kier molecular flexibility index (Phi) is 4.38. The first-order chi connectivity index (χ1) is 11.3. The van der Waals surface area contributed by atoms with E-state index in [1.807, 2.05) is 12.1 Å². The summed E-state index contributed by atoms with van der Waals surface area (Å²) < 4.78 is 5.90. The first-order valence-electron chi connectivity index (χ1n) is 8.84. The van der Waals surface area contributed by atoms with Crippen molar-refractivity contribution in [1.29, 1.82) is 0 Å². The molecule has 0 bridgehead atoms. The van der Waals surface area contributed by atoms with Gasteiger partial charge in [0.2, 0.25) is 0 Å². The lowest BCUT2D eigenvalue weighted by molar-refractivity contribution is 0.0438. The fourth-order valence-corrected chi connectivity index (χ4v) is 4.28. The van der Waals surface area contributed by atoms with Gasteiger partial charge >= 0.3 is 0 Å². The number of aliphatic hydroxyl groups is 1. The Bertz CT molecular complexity index is 586. The Balaban J connectivity index is 1.49. The summed E-state index contributed by atoms with van der Waals surface area (Å²) in [7, 11) is 0. The molecule has 1 aromatic rings. The molecule has 23 heavy (non-hydrogen) atoms. The lowest BCUT2D eigenvalue weighted by Gasteiger charge is -2.44. The summed E-state index contributed by atoms with van der Waals surface area (Å²) >= 11 is 0. The van der Waals surface area contributed by atoms with E-state index in [-0.39, 0.29) is 6.61 Å². The van der Waals surface area contributed by atoms with Crippen molar-refractivity contribution in [2.75, 3.05) is 39.4 Å². The van der Waals surface area contributed by atoms with Crippen molar-refractivity contribution in [3.63, 3.8) is 0 Å². The van der Waals surface area contributed by atoms with Gasteiger partial charge in [0.1, 0.15) is 12.4 Å². The molecular formula is C19H26N2O2. The quantitative estimate of drug-likeness (QED) is 0.922. The SMILES string of the molecule is OCC[C@H]1CN2CCCC2CN1CC1=Cc2ccccc2OC1. The molecule has 3 heterocycles. The molecular weight excluding hydrogens is 288 g/mol. The minimum atomic E-state index is 0.276. The summed E-state index contributed by atoms with van der Waals surface area (Å²) in [4.78, 5) is 5.20. The highest BCUT2D eigenvalue weighted by atomic mass is 16.5. The average Bonchev–Trinajstić information content (AvgIpc) is 3.02. The number of nitrogens with zero attached hydrogens (tertiary/aromatic N) is 2. The van der Waals surface area contributed by atoms with Gasteiger partial charge in [-0.15, -0.1) is 0 Å². The highest BCUT2D eigenvalue weighted by molar-refractivity contribution is 5.62. The number of rotatable bonds is 4. The third kappa shape index (κ3) is 3.16. The molecule has 1 N–H and O–H groups in total. The average molecular weight is 314 g/mol. The van der Waals surface area contributed by atoms with Gasteiger partial charge in [0.05, 0.1) is 0 Å². The predicted octanol–water partition coefficient (Wildman–Crippen LogP) is 1.99. The van der Waals surface area contributed by atoms with Crippen LogP contribution in [0.5, 0.6) is 5.75 Å². The van der Waals surface area contributed by atoms with Crippen molar-refractivity contribution in [1.82, 2.24) is 9.80 Å². The molecule has 2 saturated heterocycles. The number of hydrogen-bond acceptors (Lipinski definition) is 4. The second kappa shape index (κ2) is 6.63. The van der Waals surface area contributed by atoms with Crippen molar-refractivity contribution in [2.45, 2.75) is 31.3 Å². The van der Waals surface area contributed by atoms with Gasteiger partial charge in [-0.2, -0.15) is 0 Å². The van der Waals surface area contributed by atoms with Crippen LogP contribution in [0.25, 0.3) is 6.08 Å². The Hall–Kier alpha value is -1.36. The topological polar surface area (TPSA) is 35.9 Å². The van der Waals surface area contributed by atoms with Gasteiger partial charge in [-0.05, 0) is 43.5 Å². The number of piperazine rings is 1. The zero-order chi connectivity index (χ0) is 15.6. The van der Waals surface area contributed by atoms with Crippen LogP contribution < -0.4 is 4.74 Å². The van der Waals surface area contributed by atoms with Gasteiger partial charge in [-0.3, -0.25) is 9.80 Å². The molecule has 124 valence electrons. The molecule has 2 fully saturated rings. The first kappa shape index (κ1) is 15.2. The molecule has 2 atom stereocenters. The van der Waals surface area contributed by atoms with Crippen LogP contribution in [0.2, 0.25) is 0 Å². The highest BCUT2D eigenvalue weighted by Gasteiger charge is 2.36. The Morgan fingerprint density at radius 1 is 1.22 bits per heavy atom. The third-order valence-electron chi connectivity index (χ3n) is 5.47. The molecule has 4 rings (SSSR count). The molecule has 4 nitrogen and oxygen atoms in total. The van der Waals surface area contributed by atoms with Crippen LogP contribution in [0.4, 0.5) is 0 Å². The van der Waals surface area contributed by atoms with Gasteiger partial charge in [0.15, 0.2) is 0 Å². The van der Waals surface area contributed by atoms with E-state index >= 15 is 0 Å². The molecule has 0 radical (unpaired) electrons. The van der Waals surface area contributed by atoms with Crippen LogP contribution >= 0.6 is 0 Å². The van der Waals surface area contributed by atoms with Crippen molar-refractivity contribution in [3.05, 3.63) is 35.4 Å². The monoisotopic (exact) mass is 314 g/mol. The molecule has 0 saturated carbocycles. The number of fused-ring (bicyclic) bond motifs is 2. The summed E-state index contributed by atoms with van der Waals surface area (Å²) in [6.45, 7) is 5.40. The van der Waals surface area contributed by atoms with E-state index in [4.69, 9.17) is 4.74 Å². The zero-order valence-corrected chi connectivity index (χ0v) is 13.7. The molecule has 0 spiro atoms. The minimum absolute atomic E-state index is 0.276. The maximum Gasteiger partial charge on any atom is 0.127 e. The second-order valence-corrected chi connectivity index (χ2v) is 7.02. The maximum absolute atomic E-state index is 9.43. The number of para-hydroxylation sites is 1. The van der Waals surface area contributed by atoms with E-state index in [1.165, 1.54) is 30.5 Å². The predicted molar refractivity (Wildman–Crippen MR) is 91.6 cm³/mol. The van der Waals surface area contributed by atoms with Crippen LogP contribution in [-0.2, 0) is 0 Å². The summed E-state index contributed by atoms with van der Waals surface area (Å²) in [5, 5.41) is 9.43. The molecule has 1 unspecified atom stereocenters. The van der Waals surface area contributed by atoms with Gasteiger partial charge in [0.25, 0.3) is 0 Å². The van der Waals surface area contributed by atoms with Gasteiger partial charge in [0, 0.05) is 43.9 Å². The third-order valence-corrected chi connectivity index (χ3v) is 5.47. The second-order valence-electron chi connectivity index (χ2n) is 7.02. The minimum Gasteiger partial charge on any atom is -0.489 e. The largest absolute Gasteiger partial charge is 0.489 e. The van der Waals surface area contributed by atoms with Gasteiger partial charge < -0.3 is 9.84 Å². The highest BCUT2D eigenvalue weighted by Crippen LogP contribution is 2.29. The molecule has 3 aliphatic rings. The van der Waals surface area contributed by atoms with Crippen molar-refractivity contribution in [2.24, 2.45) is 0 Å². The van der Waals surface area contributed by atoms with E-state index in [0.29, 0.717) is 18.7 Å². The smallest absolute Gasteiger partial charge is 0.127 e. The molecule has 0 amide bonds. The normalized spacial score (nSPS) is 28.0. The Morgan fingerprint density at radius 3 is 3.04 bits per heavy atom. The zero-order valence-electron chi connectivity index (χ0n) is 13.7. The van der Waals surface area contributed by atoms with E-state index in [2.05, 4.69) is 28.0 Å². The fraction of sp³-hybridized carbons (Fsp3) is 0.579. The first-order valence-corrected chi connectivity index (χ1v) is 8.84. The van der Waals surface area contributed by atoms with E-state index in [1.54, 1.807) is 0 Å². The van der Waals surface area contributed by atoms with E-state index in [9.17, 15) is 5.11 Å². The van der Waals surface area contributed by atoms with E-state index < -0.39 is 0 Å². The fourth-order valence-electron chi connectivity index (χ4n) is 4.28. The van der Waals surface area contributed by atoms with Crippen LogP contribution in [0.3, 0.4) is 0 Å². The summed E-state index contributed by atoms with van der Waals surface area (Å²) in [6.07, 6.45) is 5.80. The molecule has 4 heteroatoms. The van der Waals surface area contributed by atoms with Crippen LogP contribution in [0, 0.1) is 0 Å². The van der Waals surface area contributed by atoms with Gasteiger partial charge in [-0.1, -0.05) is 18.2 Å². The molecule has 0 aliphatic carbocycles. The van der Waals surface area contributed by atoms with Crippen molar-refractivity contribution in [3.8, 4) is 5.75 Å². The van der Waals surface area contributed by atoms with Crippen LogP contribution in [-0.4, -0.2) is 66.4 Å². The number of aliphatic hydroxyl groups excluding tert-OH is 1. The number of benzene rings is 1. The van der Waals surface area contributed by atoms with Crippen molar-refractivity contribution < 1.29 is 9.84 Å². The number of ether oxygens (including phenoxy) is 1. The Labute approximate surface area is 138 Å². The van der Waals surface area contributed by atoms with E-state index in [0.717, 1.165) is 31.8 Å². The lowest BCUT2D eigenvalue weighted by Crippen LogP contribution is -2.56. The summed E-state index contributed by atoms with van der Waals surface area (Å²) in [5.41, 5.74) is 2.53. The van der Waals surface area contributed by atoms with Crippen LogP contribution in [0.15, 0.2) is 29.8 Å². The number of hydrogen-bond donors (Lipinski definition) is 1. The summed E-state index contributed by atoms with van der Waals surface area (Å²) in [6, 6.07) is 9.42. The molecule has 3 aliphatic heterocycles. The molecule has 1 aromatic carbocycles. The maximum atomic E-state index is 9.43. The lowest BCUT2D eigenvalue weighted by atomic mass is 10.0. The summed E-state index contributed by atoms with van der Waals surface area (Å²) in [5.74, 6) is 0.990. The van der Waals surface area contributed by atoms with Crippen LogP contribution in [0.1, 0.15) is 24.8 Å². The Morgan fingerprint density at radius 2 is 2.13 bits per heavy atom. The van der Waals surface area contributed by atoms with Gasteiger partial charge in [-0.25, -0.2) is 0 Å². The molecule has 0 aromatic heterocycles.